The zero-order valence-corrected chi connectivity index (χ0v) is 12.7. The molecule has 1 aromatic carbocycles. The van der Waals surface area contributed by atoms with Crippen LogP contribution in [0.2, 0.25) is 0 Å². The average molecular weight is 269 g/mol. The molecule has 20 heavy (non-hydrogen) atoms. The van der Waals surface area contributed by atoms with Crippen molar-refractivity contribution in [3.8, 4) is 0 Å². The summed E-state index contributed by atoms with van der Waals surface area (Å²) in [5.74, 6) is 3.22. The van der Waals surface area contributed by atoms with E-state index in [1.54, 1.807) is 24.8 Å². The van der Waals surface area contributed by atoms with E-state index in [9.17, 15) is 0 Å². The lowest BCUT2D eigenvalue weighted by Crippen LogP contribution is -2.47. The maximum Gasteiger partial charge on any atom is 0.0202 e. The molecule has 4 aliphatic rings. The highest BCUT2D eigenvalue weighted by Crippen LogP contribution is 2.61. The minimum Gasteiger partial charge on any atom is -0.316 e. The zero-order chi connectivity index (χ0) is 13.6. The molecule has 4 aliphatic carbocycles. The molecule has 0 spiro atoms. The summed E-state index contributed by atoms with van der Waals surface area (Å²) in [5.41, 5.74) is 3.66. The van der Waals surface area contributed by atoms with Gasteiger partial charge in [-0.15, -0.1) is 0 Å². The molecule has 0 atom stereocenters. The van der Waals surface area contributed by atoms with Crippen LogP contribution >= 0.6 is 0 Å². The smallest absolute Gasteiger partial charge is 0.0202 e. The highest BCUT2D eigenvalue weighted by Gasteiger charge is 2.50. The van der Waals surface area contributed by atoms with E-state index in [0.717, 1.165) is 24.3 Å². The molecule has 1 heteroatoms. The lowest BCUT2D eigenvalue weighted by atomic mass is 9.48. The molecule has 0 amide bonds. The van der Waals surface area contributed by atoms with Crippen molar-refractivity contribution in [2.45, 2.75) is 51.5 Å². The van der Waals surface area contributed by atoms with Crippen molar-refractivity contribution < 1.29 is 0 Å². The first kappa shape index (κ1) is 12.9. The minimum absolute atomic E-state index is 0.680. The van der Waals surface area contributed by atoms with Crippen molar-refractivity contribution in [3.05, 3.63) is 35.4 Å². The van der Waals surface area contributed by atoms with E-state index < -0.39 is 0 Å². The van der Waals surface area contributed by atoms with Crippen LogP contribution in [0.25, 0.3) is 0 Å². The molecule has 1 N–H and O–H groups in total. The van der Waals surface area contributed by atoms with E-state index in [1.165, 1.54) is 31.2 Å². The maximum atomic E-state index is 3.23. The lowest BCUT2D eigenvalue weighted by Gasteiger charge is -2.57. The van der Waals surface area contributed by atoms with E-state index in [-0.39, 0.29) is 0 Å². The summed E-state index contributed by atoms with van der Waals surface area (Å²) in [5, 5.41) is 3.23. The quantitative estimate of drug-likeness (QED) is 0.865. The molecule has 4 bridgehead atoms. The van der Waals surface area contributed by atoms with E-state index >= 15 is 0 Å². The first-order chi connectivity index (χ1) is 9.75. The van der Waals surface area contributed by atoms with Gasteiger partial charge in [0.15, 0.2) is 0 Å². The molecule has 1 aromatic rings. The fourth-order valence-corrected chi connectivity index (χ4v) is 5.92. The van der Waals surface area contributed by atoms with E-state index in [4.69, 9.17) is 0 Å². The fraction of sp³-hybridized carbons (Fsp3) is 0.684. The summed E-state index contributed by atoms with van der Waals surface area (Å²) in [6.07, 6.45) is 10.6. The van der Waals surface area contributed by atoms with Gasteiger partial charge in [-0.25, -0.2) is 0 Å². The van der Waals surface area contributed by atoms with E-state index in [2.05, 4.69) is 29.6 Å². The molecular formula is C19H27N. The van der Waals surface area contributed by atoms with Gasteiger partial charge in [0.05, 0.1) is 0 Å². The van der Waals surface area contributed by atoms with Gasteiger partial charge < -0.3 is 5.32 Å². The number of rotatable bonds is 4. The lowest BCUT2D eigenvalue weighted by molar-refractivity contribution is -0.0521. The van der Waals surface area contributed by atoms with Crippen LogP contribution in [0.4, 0.5) is 0 Å². The van der Waals surface area contributed by atoms with Gasteiger partial charge in [-0.2, -0.15) is 0 Å². The summed E-state index contributed by atoms with van der Waals surface area (Å²) in [7, 11) is 2.02. The van der Waals surface area contributed by atoms with Gasteiger partial charge >= 0.3 is 0 Å². The topological polar surface area (TPSA) is 12.0 Å². The van der Waals surface area contributed by atoms with Crippen molar-refractivity contribution in [2.75, 3.05) is 7.05 Å². The molecule has 4 fully saturated rings. The van der Waals surface area contributed by atoms with Crippen LogP contribution in [0.5, 0.6) is 0 Å². The first-order valence-corrected chi connectivity index (χ1v) is 8.47. The van der Waals surface area contributed by atoms with Gasteiger partial charge in [0.2, 0.25) is 0 Å². The van der Waals surface area contributed by atoms with E-state index in [1.807, 2.05) is 7.05 Å². The normalized spacial score (nSPS) is 38.4. The Balaban J connectivity index is 1.50. The SMILES string of the molecule is CNCc1ccc(CC23CC4CC(CC(C4)C2)C3)cc1. The monoisotopic (exact) mass is 269 g/mol. The van der Waals surface area contributed by atoms with Crippen LogP contribution in [0.15, 0.2) is 24.3 Å². The van der Waals surface area contributed by atoms with Gasteiger partial charge in [0.25, 0.3) is 0 Å². The van der Waals surface area contributed by atoms with Gasteiger partial charge in [0.1, 0.15) is 0 Å². The summed E-state index contributed by atoms with van der Waals surface area (Å²) in [4.78, 5) is 0. The maximum absolute atomic E-state index is 3.23. The van der Waals surface area contributed by atoms with Crippen molar-refractivity contribution in [1.29, 1.82) is 0 Å². The number of hydrogen-bond donors (Lipinski definition) is 1. The second-order valence-electron chi connectivity index (χ2n) is 7.94. The number of benzene rings is 1. The standard InChI is InChI=1S/C19H27N/c1-20-13-15-4-2-14(3-5-15)9-19-10-16-6-17(11-19)8-18(7-16)12-19/h2-5,16-18,20H,6-13H2,1H3. The van der Waals surface area contributed by atoms with Crippen LogP contribution in [-0.4, -0.2) is 7.05 Å². The third-order valence-corrected chi connectivity index (χ3v) is 6.15. The van der Waals surface area contributed by atoms with Gasteiger partial charge in [-0.05, 0) is 86.3 Å². The molecule has 5 rings (SSSR count). The Morgan fingerprint density at radius 2 is 1.40 bits per heavy atom. The summed E-state index contributed by atoms with van der Waals surface area (Å²) in [6, 6.07) is 9.38. The molecular weight excluding hydrogens is 242 g/mol. The molecule has 1 nitrogen and oxygen atoms in total. The van der Waals surface area contributed by atoms with Crippen LogP contribution in [0, 0.1) is 23.2 Å². The summed E-state index contributed by atoms with van der Waals surface area (Å²) < 4.78 is 0. The Labute approximate surface area is 123 Å². The van der Waals surface area contributed by atoms with Crippen LogP contribution < -0.4 is 5.32 Å². The molecule has 0 heterocycles. The highest BCUT2D eigenvalue weighted by molar-refractivity contribution is 5.24. The number of hydrogen-bond acceptors (Lipinski definition) is 1. The molecule has 0 aromatic heterocycles. The fourth-order valence-electron chi connectivity index (χ4n) is 5.92. The van der Waals surface area contributed by atoms with Crippen LogP contribution in [0.3, 0.4) is 0 Å². The minimum atomic E-state index is 0.680. The van der Waals surface area contributed by atoms with Crippen LogP contribution in [-0.2, 0) is 13.0 Å². The van der Waals surface area contributed by atoms with Gasteiger partial charge in [0, 0.05) is 6.54 Å². The second kappa shape index (κ2) is 4.87. The third kappa shape index (κ3) is 2.30. The van der Waals surface area contributed by atoms with Gasteiger partial charge in [-0.1, -0.05) is 24.3 Å². The predicted octanol–water partition coefficient (Wildman–Crippen LogP) is 4.16. The molecule has 0 radical (unpaired) electrons. The Kier molecular flexibility index (Phi) is 3.14. The predicted molar refractivity (Wildman–Crippen MR) is 83.5 cm³/mol. The Morgan fingerprint density at radius 1 is 0.900 bits per heavy atom. The largest absolute Gasteiger partial charge is 0.316 e. The molecule has 0 unspecified atom stereocenters. The Bertz CT molecular complexity index is 438. The van der Waals surface area contributed by atoms with Gasteiger partial charge in [-0.3, -0.25) is 0 Å². The van der Waals surface area contributed by atoms with Crippen molar-refractivity contribution in [3.63, 3.8) is 0 Å². The Hall–Kier alpha value is -0.820. The molecule has 0 saturated heterocycles. The number of nitrogens with one attached hydrogen (secondary N) is 1. The molecule has 0 aliphatic heterocycles. The van der Waals surface area contributed by atoms with Crippen molar-refractivity contribution >= 4 is 0 Å². The zero-order valence-electron chi connectivity index (χ0n) is 12.7. The average Bonchev–Trinajstić information content (AvgIpc) is 2.39. The molecule has 4 saturated carbocycles. The van der Waals surface area contributed by atoms with Crippen molar-refractivity contribution in [2.24, 2.45) is 23.2 Å². The third-order valence-electron chi connectivity index (χ3n) is 6.15. The summed E-state index contributed by atoms with van der Waals surface area (Å²) >= 11 is 0. The van der Waals surface area contributed by atoms with Crippen LogP contribution in [0.1, 0.15) is 49.7 Å². The summed E-state index contributed by atoms with van der Waals surface area (Å²) in [6.45, 7) is 0.984. The van der Waals surface area contributed by atoms with E-state index in [0.29, 0.717) is 5.41 Å². The Morgan fingerprint density at radius 3 is 1.90 bits per heavy atom. The first-order valence-electron chi connectivity index (χ1n) is 8.47. The second-order valence-corrected chi connectivity index (χ2v) is 7.94. The van der Waals surface area contributed by atoms with Crippen molar-refractivity contribution in [1.82, 2.24) is 5.32 Å². The highest BCUT2D eigenvalue weighted by atomic mass is 14.8. The molecule has 108 valence electrons.